The summed E-state index contributed by atoms with van der Waals surface area (Å²) in [6, 6.07) is 25.6. The molecule has 0 saturated heterocycles. The quantitative estimate of drug-likeness (QED) is 0.334. The Kier molecular flexibility index (Phi) is 4.46. The second-order valence-corrected chi connectivity index (χ2v) is 6.95. The van der Waals surface area contributed by atoms with Crippen LogP contribution in [-0.4, -0.2) is 6.61 Å². The molecular formula is C23H19BrO. The maximum Gasteiger partial charge on any atom is 0.119 e. The van der Waals surface area contributed by atoms with E-state index in [1.165, 1.54) is 32.7 Å². The smallest absolute Gasteiger partial charge is 0.119 e. The second kappa shape index (κ2) is 6.89. The fourth-order valence-corrected chi connectivity index (χ4v) is 4.02. The van der Waals surface area contributed by atoms with Gasteiger partial charge in [-0.2, -0.15) is 0 Å². The van der Waals surface area contributed by atoms with Crippen molar-refractivity contribution in [2.24, 2.45) is 0 Å². The van der Waals surface area contributed by atoms with E-state index in [-0.39, 0.29) is 0 Å². The third kappa shape index (κ3) is 2.91. The summed E-state index contributed by atoms with van der Waals surface area (Å²) in [4.78, 5) is 0. The molecule has 0 aliphatic carbocycles. The first-order valence-corrected chi connectivity index (χ1v) is 9.41. The van der Waals surface area contributed by atoms with Gasteiger partial charge in [0.15, 0.2) is 0 Å². The third-order valence-electron chi connectivity index (χ3n) is 4.48. The molecule has 124 valence electrons. The monoisotopic (exact) mass is 390 g/mol. The summed E-state index contributed by atoms with van der Waals surface area (Å²) in [5, 5.41) is 5.00. The molecule has 4 aromatic rings. The molecule has 4 rings (SSSR count). The number of rotatable bonds is 4. The fourth-order valence-electron chi connectivity index (χ4n) is 3.32. The summed E-state index contributed by atoms with van der Waals surface area (Å²) in [5.41, 5.74) is 2.49. The predicted octanol–water partition coefficient (Wildman–Crippen LogP) is 7.21. The maximum atomic E-state index is 5.73. The van der Waals surface area contributed by atoms with E-state index in [0.29, 0.717) is 0 Å². The molecule has 0 aliphatic heterocycles. The molecule has 0 heterocycles. The third-order valence-corrected chi connectivity index (χ3v) is 5.34. The summed E-state index contributed by atoms with van der Waals surface area (Å²) < 4.78 is 6.89. The molecule has 0 spiro atoms. The molecule has 2 heteroatoms. The highest BCUT2D eigenvalue weighted by Crippen LogP contribution is 2.41. The SMILES string of the molecule is CCCOc1ccc(-c2c3ccccc3c(Br)c3ccccc23)cc1. The van der Waals surface area contributed by atoms with Gasteiger partial charge in [-0.15, -0.1) is 0 Å². The van der Waals surface area contributed by atoms with Gasteiger partial charge in [-0.3, -0.25) is 0 Å². The molecular weight excluding hydrogens is 372 g/mol. The molecule has 0 bridgehead atoms. The molecule has 0 radical (unpaired) electrons. The topological polar surface area (TPSA) is 9.23 Å². The molecule has 0 atom stereocenters. The van der Waals surface area contributed by atoms with Crippen molar-refractivity contribution in [2.45, 2.75) is 13.3 Å². The average Bonchev–Trinajstić information content (AvgIpc) is 2.68. The lowest BCUT2D eigenvalue weighted by molar-refractivity contribution is 0.317. The van der Waals surface area contributed by atoms with E-state index in [1.807, 2.05) is 0 Å². The molecule has 0 aromatic heterocycles. The number of benzene rings is 4. The summed E-state index contributed by atoms with van der Waals surface area (Å²) in [6.07, 6.45) is 1.02. The molecule has 25 heavy (non-hydrogen) atoms. The van der Waals surface area contributed by atoms with Crippen LogP contribution in [0.4, 0.5) is 0 Å². The second-order valence-electron chi connectivity index (χ2n) is 6.15. The number of hydrogen-bond acceptors (Lipinski definition) is 1. The minimum absolute atomic E-state index is 0.753. The normalized spacial score (nSPS) is 11.1. The van der Waals surface area contributed by atoms with Crippen LogP contribution >= 0.6 is 15.9 Å². The summed E-state index contributed by atoms with van der Waals surface area (Å²) in [7, 11) is 0. The van der Waals surface area contributed by atoms with Gasteiger partial charge in [-0.05, 0) is 67.2 Å². The summed E-state index contributed by atoms with van der Waals surface area (Å²) in [5.74, 6) is 0.927. The zero-order valence-electron chi connectivity index (χ0n) is 14.1. The summed E-state index contributed by atoms with van der Waals surface area (Å²) >= 11 is 3.81. The van der Waals surface area contributed by atoms with Crippen molar-refractivity contribution in [3.63, 3.8) is 0 Å². The van der Waals surface area contributed by atoms with Crippen LogP contribution in [0, 0.1) is 0 Å². The fraction of sp³-hybridized carbons (Fsp3) is 0.130. The van der Waals surface area contributed by atoms with E-state index in [9.17, 15) is 0 Å². The van der Waals surface area contributed by atoms with E-state index in [2.05, 4.69) is 95.7 Å². The Morgan fingerprint density at radius 3 is 1.76 bits per heavy atom. The van der Waals surface area contributed by atoms with Crippen molar-refractivity contribution >= 4 is 37.5 Å². The van der Waals surface area contributed by atoms with Crippen molar-refractivity contribution < 1.29 is 4.74 Å². The van der Waals surface area contributed by atoms with Crippen LogP contribution in [0.3, 0.4) is 0 Å². The Balaban J connectivity index is 1.97. The summed E-state index contributed by atoms with van der Waals surface area (Å²) in [6.45, 7) is 2.87. The van der Waals surface area contributed by atoms with Gasteiger partial charge in [-0.1, -0.05) is 67.6 Å². The number of hydrogen-bond donors (Lipinski definition) is 0. The van der Waals surface area contributed by atoms with Crippen molar-refractivity contribution in [1.29, 1.82) is 0 Å². The van der Waals surface area contributed by atoms with Crippen LogP contribution in [-0.2, 0) is 0 Å². The number of ether oxygens (including phenoxy) is 1. The van der Waals surface area contributed by atoms with Crippen molar-refractivity contribution in [3.05, 3.63) is 77.3 Å². The van der Waals surface area contributed by atoms with Crippen LogP contribution in [0.1, 0.15) is 13.3 Å². The van der Waals surface area contributed by atoms with Crippen molar-refractivity contribution in [3.8, 4) is 16.9 Å². The predicted molar refractivity (Wildman–Crippen MR) is 110 cm³/mol. The van der Waals surface area contributed by atoms with E-state index >= 15 is 0 Å². The van der Waals surface area contributed by atoms with Crippen LogP contribution in [0.15, 0.2) is 77.3 Å². The highest BCUT2D eigenvalue weighted by Gasteiger charge is 2.13. The van der Waals surface area contributed by atoms with Crippen LogP contribution in [0.5, 0.6) is 5.75 Å². The van der Waals surface area contributed by atoms with Gasteiger partial charge < -0.3 is 4.74 Å². The lowest BCUT2D eigenvalue weighted by Crippen LogP contribution is -1.94. The first-order chi connectivity index (χ1) is 12.3. The van der Waals surface area contributed by atoms with Gasteiger partial charge in [0.2, 0.25) is 0 Å². The van der Waals surface area contributed by atoms with Crippen LogP contribution in [0.2, 0.25) is 0 Å². The van der Waals surface area contributed by atoms with Gasteiger partial charge in [0, 0.05) is 4.47 Å². The largest absolute Gasteiger partial charge is 0.494 e. The molecule has 1 nitrogen and oxygen atoms in total. The van der Waals surface area contributed by atoms with Crippen molar-refractivity contribution in [2.75, 3.05) is 6.61 Å². The Morgan fingerprint density at radius 2 is 1.24 bits per heavy atom. The zero-order chi connectivity index (χ0) is 17.2. The first kappa shape index (κ1) is 16.2. The Morgan fingerprint density at radius 1 is 0.720 bits per heavy atom. The molecule has 0 amide bonds. The molecule has 0 fully saturated rings. The average molecular weight is 391 g/mol. The molecule has 0 unspecified atom stereocenters. The van der Waals surface area contributed by atoms with E-state index in [0.717, 1.165) is 23.2 Å². The van der Waals surface area contributed by atoms with Crippen LogP contribution in [0.25, 0.3) is 32.7 Å². The standard InChI is InChI=1S/C23H19BrO/c1-2-15-25-17-13-11-16(12-14-17)22-18-7-3-5-9-20(18)23(24)21-10-6-4-8-19(21)22/h3-14H,2,15H2,1H3. The molecule has 0 aliphatic rings. The highest BCUT2D eigenvalue weighted by atomic mass is 79.9. The van der Waals surface area contributed by atoms with E-state index in [1.54, 1.807) is 0 Å². The number of fused-ring (bicyclic) bond motifs is 2. The Labute approximate surface area is 156 Å². The zero-order valence-corrected chi connectivity index (χ0v) is 15.7. The van der Waals surface area contributed by atoms with E-state index < -0.39 is 0 Å². The first-order valence-electron chi connectivity index (χ1n) is 8.61. The van der Waals surface area contributed by atoms with Gasteiger partial charge in [0.05, 0.1) is 6.61 Å². The lowest BCUT2D eigenvalue weighted by Gasteiger charge is -2.14. The maximum absolute atomic E-state index is 5.73. The highest BCUT2D eigenvalue weighted by molar-refractivity contribution is 9.10. The minimum Gasteiger partial charge on any atom is -0.494 e. The Bertz CT molecular complexity index is 978. The molecule has 0 N–H and O–H groups in total. The van der Waals surface area contributed by atoms with Gasteiger partial charge in [-0.25, -0.2) is 0 Å². The number of halogens is 1. The van der Waals surface area contributed by atoms with Gasteiger partial charge in [0.25, 0.3) is 0 Å². The van der Waals surface area contributed by atoms with Crippen molar-refractivity contribution in [1.82, 2.24) is 0 Å². The van der Waals surface area contributed by atoms with E-state index in [4.69, 9.17) is 4.74 Å². The van der Waals surface area contributed by atoms with Gasteiger partial charge >= 0.3 is 0 Å². The molecule has 0 saturated carbocycles. The van der Waals surface area contributed by atoms with Gasteiger partial charge in [0.1, 0.15) is 5.75 Å². The molecule has 4 aromatic carbocycles. The minimum atomic E-state index is 0.753. The van der Waals surface area contributed by atoms with Crippen LogP contribution < -0.4 is 4.74 Å². The Hall–Kier alpha value is -2.32. The lowest BCUT2D eigenvalue weighted by atomic mass is 9.92.